The smallest absolute Gasteiger partial charge is 0.315 e. The van der Waals surface area contributed by atoms with E-state index in [1.807, 2.05) is 0 Å². The Morgan fingerprint density at radius 2 is 2.12 bits per heavy atom. The molecule has 2 rings (SSSR count). The second-order valence-electron chi connectivity index (χ2n) is 4.36. The van der Waals surface area contributed by atoms with Gasteiger partial charge >= 0.3 is 5.97 Å². The molecule has 6 heteroatoms. The molecule has 6 nitrogen and oxygen atoms in total. The lowest BCUT2D eigenvalue weighted by atomic mass is 9.76. The fourth-order valence-corrected chi connectivity index (χ4v) is 2.27. The minimum atomic E-state index is -0.924. The quantitative estimate of drug-likeness (QED) is 0.672. The molecule has 0 amide bonds. The van der Waals surface area contributed by atoms with Gasteiger partial charge in [0.05, 0.1) is 5.69 Å². The van der Waals surface area contributed by atoms with Gasteiger partial charge in [-0.2, -0.15) is 0 Å². The Labute approximate surface area is 99.3 Å². The number of nitrogens with zero attached hydrogens (tertiary/aromatic N) is 2. The van der Waals surface area contributed by atoms with Crippen molar-refractivity contribution < 1.29 is 9.90 Å². The highest BCUT2D eigenvalue weighted by Gasteiger charge is 2.43. The summed E-state index contributed by atoms with van der Waals surface area (Å²) in [6.07, 6.45) is 1.05. The summed E-state index contributed by atoms with van der Waals surface area (Å²) in [5.41, 5.74) is 5.27. The third-order valence-electron chi connectivity index (χ3n) is 3.21. The summed E-state index contributed by atoms with van der Waals surface area (Å²) in [6.45, 7) is 3.07. The van der Waals surface area contributed by atoms with Crippen LogP contribution in [-0.2, 0) is 10.2 Å². The van der Waals surface area contributed by atoms with E-state index in [0.717, 1.165) is 0 Å². The van der Waals surface area contributed by atoms with E-state index in [2.05, 4.69) is 15.3 Å². The van der Waals surface area contributed by atoms with Crippen molar-refractivity contribution >= 4 is 11.8 Å². The number of hydrogen-bond acceptors (Lipinski definition) is 5. The number of aryl methyl sites for hydroxylation is 1. The summed E-state index contributed by atoms with van der Waals surface area (Å²) in [4.78, 5) is 19.8. The summed E-state index contributed by atoms with van der Waals surface area (Å²) in [5.74, 6) is 0.00214. The minimum Gasteiger partial charge on any atom is -0.481 e. The second kappa shape index (κ2) is 4.29. The van der Waals surface area contributed by atoms with Gasteiger partial charge in [0.25, 0.3) is 0 Å². The molecular formula is C11H16N4O2. The number of carboxylic acid groups (broad SMARTS) is 1. The maximum Gasteiger partial charge on any atom is 0.315 e. The molecule has 0 aromatic carbocycles. The highest BCUT2D eigenvalue weighted by molar-refractivity contribution is 5.81. The number of rotatable bonds is 2. The minimum absolute atomic E-state index is 0.326. The highest BCUT2D eigenvalue weighted by Crippen LogP contribution is 2.33. The number of carbonyl (C=O) groups is 1. The third-order valence-corrected chi connectivity index (χ3v) is 3.21. The van der Waals surface area contributed by atoms with E-state index < -0.39 is 11.4 Å². The Morgan fingerprint density at radius 1 is 1.47 bits per heavy atom. The van der Waals surface area contributed by atoms with E-state index in [1.165, 1.54) is 0 Å². The van der Waals surface area contributed by atoms with Gasteiger partial charge < -0.3 is 16.2 Å². The molecule has 1 aromatic heterocycles. The molecule has 0 spiro atoms. The molecular weight excluding hydrogens is 220 g/mol. The van der Waals surface area contributed by atoms with Crippen LogP contribution in [0, 0.1) is 6.92 Å². The van der Waals surface area contributed by atoms with E-state index >= 15 is 0 Å². The number of aliphatic carboxylic acids is 1. The van der Waals surface area contributed by atoms with Crippen molar-refractivity contribution in [2.24, 2.45) is 0 Å². The van der Waals surface area contributed by atoms with Crippen molar-refractivity contribution in [2.75, 3.05) is 18.8 Å². The maximum atomic E-state index is 11.6. The third kappa shape index (κ3) is 2.08. The Morgan fingerprint density at radius 3 is 2.65 bits per heavy atom. The lowest BCUT2D eigenvalue weighted by Crippen LogP contribution is -2.46. The average Bonchev–Trinajstić information content (AvgIpc) is 2.28. The van der Waals surface area contributed by atoms with Crippen molar-refractivity contribution in [3.8, 4) is 0 Å². The van der Waals surface area contributed by atoms with Crippen LogP contribution in [0.25, 0.3) is 0 Å². The average molecular weight is 236 g/mol. The first-order valence-electron chi connectivity index (χ1n) is 5.60. The van der Waals surface area contributed by atoms with Crippen LogP contribution in [0.3, 0.4) is 0 Å². The molecule has 1 aliphatic rings. The summed E-state index contributed by atoms with van der Waals surface area (Å²) in [7, 11) is 0. The molecule has 92 valence electrons. The van der Waals surface area contributed by atoms with Gasteiger partial charge in [-0.25, -0.2) is 9.97 Å². The Kier molecular flexibility index (Phi) is 2.97. The fourth-order valence-electron chi connectivity index (χ4n) is 2.27. The summed E-state index contributed by atoms with van der Waals surface area (Å²) in [6, 6.07) is 1.58. The molecule has 4 N–H and O–H groups in total. The standard InChI is InChI=1S/C11H16N4O2/c1-7-14-8(6-9(12)15-7)11(10(16)17)2-4-13-5-3-11/h6,13H,2-5H2,1H3,(H,16,17)(H2,12,14,15). The first-order chi connectivity index (χ1) is 8.04. The van der Waals surface area contributed by atoms with Crippen LogP contribution in [0.15, 0.2) is 6.07 Å². The SMILES string of the molecule is Cc1nc(N)cc(C2(C(=O)O)CCNCC2)n1. The van der Waals surface area contributed by atoms with Crippen molar-refractivity contribution in [1.82, 2.24) is 15.3 Å². The molecule has 1 fully saturated rings. The van der Waals surface area contributed by atoms with E-state index in [-0.39, 0.29) is 0 Å². The van der Waals surface area contributed by atoms with Crippen LogP contribution < -0.4 is 11.1 Å². The lowest BCUT2D eigenvalue weighted by molar-refractivity contribution is -0.145. The van der Waals surface area contributed by atoms with Crippen LogP contribution >= 0.6 is 0 Å². The fraction of sp³-hybridized carbons (Fsp3) is 0.545. The van der Waals surface area contributed by atoms with E-state index in [4.69, 9.17) is 5.73 Å². The molecule has 0 saturated carbocycles. The molecule has 0 radical (unpaired) electrons. The summed E-state index contributed by atoms with van der Waals surface area (Å²) >= 11 is 0. The van der Waals surface area contributed by atoms with Crippen LogP contribution in [-0.4, -0.2) is 34.1 Å². The Bertz CT molecular complexity index is 421. The topological polar surface area (TPSA) is 101 Å². The van der Waals surface area contributed by atoms with Gasteiger partial charge in [-0.3, -0.25) is 4.79 Å². The Hall–Kier alpha value is -1.69. The van der Waals surface area contributed by atoms with E-state index in [9.17, 15) is 9.90 Å². The summed E-state index contributed by atoms with van der Waals surface area (Å²) < 4.78 is 0. The first-order valence-corrected chi connectivity index (χ1v) is 5.60. The first kappa shape index (κ1) is 11.8. The number of piperidine rings is 1. The van der Waals surface area contributed by atoms with Gasteiger partial charge in [-0.1, -0.05) is 0 Å². The van der Waals surface area contributed by atoms with E-state index in [0.29, 0.717) is 43.3 Å². The molecule has 0 aliphatic carbocycles. The van der Waals surface area contributed by atoms with Crippen molar-refractivity contribution in [3.05, 3.63) is 17.6 Å². The van der Waals surface area contributed by atoms with Gasteiger partial charge in [0, 0.05) is 6.07 Å². The molecule has 17 heavy (non-hydrogen) atoms. The number of nitrogen functional groups attached to an aromatic ring is 1. The number of nitrogens with two attached hydrogens (primary N) is 1. The van der Waals surface area contributed by atoms with Gasteiger partial charge in [0.15, 0.2) is 0 Å². The monoisotopic (exact) mass is 236 g/mol. The number of anilines is 1. The van der Waals surface area contributed by atoms with Crippen molar-refractivity contribution in [2.45, 2.75) is 25.2 Å². The van der Waals surface area contributed by atoms with Gasteiger partial charge in [0.1, 0.15) is 17.1 Å². The zero-order valence-electron chi connectivity index (χ0n) is 9.73. The number of nitrogens with one attached hydrogen (secondary N) is 1. The number of aromatic nitrogens is 2. The zero-order chi connectivity index (χ0) is 12.5. The van der Waals surface area contributed by atoms with Gasteiger partial charge in [-0.15, -0.1) is 0 Å². The normalized spacial score (nSPS) is 18.9. The zero-order valence-corrected chi connectivity index (χ0v) is 9.73. The van der Waals surface area contributed by atoms with E-state index in [1.54, 1.807) is 13.0 Å². The number of hydrogen-bond donors (Lipinski definition) is 3. The van der Waals surface area contributed by atoms with Crippen LogP contribution in [0.5, 0.6) is 0 Å². The molecule has 0 unspecified atom stereocenters. The molecule has 0 bridgehead atoms. The molecule has 1 saturated heterocycles. The molecule has 1 aromatic rings. The van der Waals surface area contributed by atoms with Crippen LogP contribution in [0.1, 0.15) is 24.4 Å². The molecule has 0 atom stereocenters. The summed E-state index contributed by atoms with van der Waals surface area (Å²) in [5, 5.41) is 12.7. The predicted molar refractivity (Wildman–Crippen MR) is 62.6 cm³/mol. The van der Waals surface area contributed by atoms with Crippen LogP contribution in [0.4, 0.5) is 5.82 Å². The number of carboxylic acids is 1. The van der Waals surface area contributed by atoms with Crippen LogP contribution in [0.2, 0.25) is 0 Å². The second-order valence-corrected chi connectivity index (χ2v) is 4.36. The lowest BCUT2D eigenvalue weighted by Gasteiger charge is -2.33. The van der Waals surface area contributed by atoms with Crippen molar-refractivity contribution in [3.63, 3.8) is 0 Å². The predicted octanol–water partition coefficient (Wildman–Crippen LogP) is 0.0730. The Balaban J connectivity index is 2.48. The van der Waals surface area contributed by atoms with Gasteiger partial charge in [0.2, 0.25) is 0 Å². The molecule has 1 aliphatic heterocycles. The highest BCUT2D eigenvalue weighted by atomic mass is 16.4. The van der Waals surface area contributed by atoms with Gasteiger partial charge in [-0.05, 0) is 32.9 Å². The molecule has 2 heterocycles. The van der Waals surface area contributed by atoms with Crippen molar-refractivity contribution in [1.29, 1.82) is 0 Å². The maximum absolute atomic E-state index is 11.6. The largest absolute Gasteiger partial charge is 0.481 e.